The van der Waals surface area contributed by atoms with Gasteiger partial charge in [-0.3, -0.25) is 10.1 Å². The molecule has 2 aromatic heterocycles. The average Bonchev–Trinajstić information content (AvgIpc) is 3.31. The summed E-state index contributed by atoms with van der Waals surface area (Å²) in [6.07, 6.45) is 4.74. The fraction of sp³-hybridized carbons (Fsp3) is 0.368. The lowest BCUT2D eigenvalue weighted by molar-refractivity contribution is -0.118. The van der Waals surface area contributed by atoms with Gasteiger partial charge in [-0.25, -0.2) is 4.79 Å². The first-order valence-corrected chi connectivity index (χ1v) is 9.71. The third kappa shape index (κ3) is 4.00. The fourth-order valence-corrected chi connectivity index (χ4v) is 4.25. The summed E-state index contributed by atoms with van der Waals surface area (Å²) < 4.78 is 10.7. The van der Waals surface area contributed by atoms with E-state index in [9.17, 15) is 9.59 Å². The predicted octanol–water partition coefficient (Wildman–Crippen LogP) is 3.63. The molecule has 4 rings (SSSR count). The van der Waals surface area contributed by atoms with Crippen molar-refractivity contribution in [3.05, 3.63) is 45.3 Å². The van der Waals surface area contributed by atoms with Gasteiger partial charge in [0, 0.05) is 23.4 Å². The molecule has 0 aliphatic heterocycles. The smallest absolute Gasteiger partial charge is 0.336 e. The lowest BCUT2D eigenvalue weighted by atomic mass is 10.1. The summed E-state index contributed by atoms with van der Waals surface area (Å²) in [5.74, 6) is 0.616. The number of hydrogen-bond acceptors (Lipinski definition) is 7. The molecule has 1 aromatic carbocycles. The van der Waals surface area contributed by atoms with Crippen molar-refractivity contribution in [1.29, 1.82) is 0 Å². The van der Waals surface area contributed by atoms with Gasteiger partial charge in [0.15, 0.2) is 6.61 Å². The van der Waals surface area contributed by atoms with Crippen molar-refractivity contribution in [2.45, 2.75) is 38.5 Å². The normalized spacial score (nSPS) is 14.6. The third-order valence-electron chi connectivity index (χ3n) is 4.68. The van der Waals surface area contributed by atoms with Crippen LogP contribution in [0, 0.1) is 6.92 Å². The molecular weight excluding hydrogens is 366 g/mol. The highest BCUT2D eigenvalue weighted by Gasteiger charge is 2.21. The summed E-state index contributed by atoms with van der Waals surface area (Å²) >= 11 is 1.43. The van der Waals surface area contributed by atoms with Crippen LogP contribution in [0.15, 0.2) is 33.5 Å². The minimum atomic E-state index is -0.413. The van der Waals surface area contributed by atoms with Crippen LogP contribution in [0.1, 0.15) is 42.2 Å². The van der Waals surface area contributed by atoms with E-state index in [2.05, 4.69) is 15.5 Å². The predicted molar refractivity (Wildman–Crippen MR) is 102 cm³/mol. The van der Waals surface area contributed by atoms with E-state index >= 15 is 0 Å². The highest BCUT2D eigenvalue weighted by molar-refractivity contribution is 7.15. The molecule has 0 unspecified atom stereocenters. The molecule has 0 atom stereocenters. The number of nitrogens with zero attached hydrogens (tertiary/aromatic N) is 2. The molecule has 0 spiro atoms. The van der Waals surface area contributed by atoms with Crippen molar-refractivity contribution < 1.29 is 13.9 Å². The monoisotopic (exact) mass is 385 g/mol. The molecule has 0 bridgehead atoms. The molecule has 7 nitrogen and oxygen atoms in total. The second-order valence-electron chi connectivity index (χ2n) is 6.67. The largest absolute Gasteiger partial charge is 0.484 e. The van der Waals surface area contributed by atoms with E-state index in [-0.39, 0.29) is 12.5 Å². The van der Waals surface area contributed by atoms with E-state index in [0.717, 1.165) is 28.8 Å². The lowest BCUT2D eigenvalue weighted by Crippen LogP contribution is -2.20. The van der Waals surface area contributed by atoms with Crippen LogP contribution < -0.4 is 15.7 Å². The van der Waals surface area contributed by atoms with Crippen LogP contribution in [0.2, 0.25) is 0 Å². The van der Waals surface area contributed by atoms with Crippen molar-refractivity contribution in [3.8, 4) is 5.75 Å². The van der Waals surface area contributed by atoms with Gasteiger partial charge in [-0.05, 0) is 37.5 Å². The van der Waals surface area contributed by atoms with Crippen molar-refractivity contribution in [2.75, 3.05) is 11.9 Å². The maximum absolute atomic E-state index is 12.1. The van der Waals surface area contributed by atoms with Crippen LogP contribution in [0.3, 0.4) is 0 Å². The number of anilines is 1. The van der Waals surface area contributed by atoms with Gasteiger partial charge in [-0.2, -0.15) is 0 Å². The number of hydrogen-bond donors (Lipinski definition) is 1. The van der Waals surface area contributed by atoms with Crippen LogP contribution in [-0.4, -0.2) is 22.7 Å². The molecule has 27 heavy (non-hydrogen) atoms. The molecule has 0 saturated heterocycles. The number of fused-ring (bicyclic) bond motifs is 1. The molecule has 1 saturated carbocycles. The zero-order chi connectivity index (χ0) is 18.8. The first-order chi connectivity index (χ1) is 13.1. The van der Waals surface area contributed by atoms with Crippen molar-refractivity contribution in [3.63, 3.8) is 0 Å². The lowest BCUT2D eigenvalue weighted by Gasteiger charge is -2.07. The number of carbonyl (C=O) groups is 1. The second kappa shape index (κ2) is 7.48. The van der Waals surface area contributed by atoms with Gasteiger partial charge in [0.05, 0.1) is 0 Å². The summed E-state index contributed by atoms with van der Waals surface area (Å²) in [6, 6.07) is 6.60. The van der Waals surface area contributed by atoms with E-state index in [1.807, 2.05) is 6.92 Å². The molecular formula is C19H19N3O4S. The Balaban J connectivity index is 1.37. The summed E-state index contributed by atoms with van der Waals surface area (Å²) in [6.45, 7) is 1.68. The molecule has 3 aromatic rings. The second-order valence-corrected chi connectivity index (χ2v) is 7.68. The Morgan fingerprint density at radius 1 is 1.30 bits per heavy atom. The quantitative estimate of drug-likeness (QED) is 0.674. The Morgan fingerprint density at radius 2 is 2.11 bits per heavy atom. The van der Waals surface area contributed by atoms with Gasteiger partial charge in [-0.15, -0.1) is 10.2 Å². The molecule has 140 valence electrons. The maximum atomic E-state index is 12.1. The summed E-state index contributed by atoms with van der Waals surface area (Å²) in [4.78, 5) is 23.6. The van der Waals surface area contributed by atoms with Crippen molar-refractivity contribution in [1.82, 2.24) is 10.2 Å². The molecule has 8 heteroatoms. The van der Waals surface area contributed by atoms with Crippen LogP contribution in [0.4, 0.5) is 5.13 Å². The average molecular weight is 385 g/mol. The summed E-state index contributed by atoms with van der Waals surface area (Å²) in [7, 11) is 0. The zero-order valence-electron chi connectivity index (χ0n) is 14.9. The highest BCUT2D eigenvalue weighted by atomic mass is 32.1. The van der Waals surface area contributed by atoms with Crippen LogP contribution in [0.25, 0.3) is 11.0 Å². The molecule has 1 aliphatic carbocycles. The Kier molecular flexibility index (Phi) is 4.89. The molecule has 1 fully saturated rings. The number of rotatable bonds is 5. The summed E-state index contributed by atoms with van der Waals surface area (Å²) in [5, 5.41) is 13.3. The standard InChI is InChI=1S/C19H19N3O4S/c1-11-8-17(24)26-15-9-13(6-7-14(11)15)25-10-16(23)20-19-22-21-18(27-19)12-4-2-3-5-12/h6-9,12H,2-5,10H2,1H3,(H,20,22,23). The van der Waals surface area contributed by atoms with E-state index < -0.39 is 5.63 Å². The fourth-order valence-electron chi connectivity index (χ4n) is 3.32. The van der Waals surface area contributed by atoms with Gasteiger partial charge in [0.2, 0.25) is 5.13 Å². The van der Waals surface area contributed by atoms with E-state index in [1.54, 1.807) is 18.2 Å². The third-order valence-corrected chi connectivity index (χ3v) is 5.69. The number of benzene rings is 1. The van der Waals surface area contributed by atoms with Gasteiger partial charge in [-0.1, -0.05) is 24.2 Å². The topological polar surface area (TPSA) is 94.3 Å². The Morgan fingerprint density at radius 3 is 2.93 bits per heavy atom. The van der Waals surface area contributed by atoms with Gasteiger partial charge < -0.3 is 9.15 Å². The molecule has 2 heterocycles. The van der Waals surface area contributed by atoms with Gasteiger partial charge in [0.25, 0.3) is 5.91 Å². The van der Waals surface area contributed by atoms with Crippen LogP contribution >= 0.6 is 11.3 Å². The molecule has 0 radical (unpaired) electrons. The molecule has 1 amide bonds. The maximum Gasteiger partial charge on any atom is 0.336 e. The number of nitrogens with one attached hydrogen (secondary N) is 1. The van der Waals surface area contributed by atoms with E-state index in [1.165, 1.54) is 30.2 Å². The zero-order valence-corrected chi connectivity index (χ0v) is 15.7. The highest BCUT2D eigenvalue weighted by Crippen LogP contribution is 2.36. The minimum absolute atomic E-state index is 0.167. The Hall–Kier alpha value is -2.74. The van der Waals surface area contributed by atoms with Crippen molar-refractivity contribution >= 4 is 33.3 Å². The van der Waals surface area contributed by atoms with E-state index in [0.29, 0.717) is 22.4 Å². The number of ether oxygens (including phenoxy) is 1. The SMILES string of the molecule is Cc1cc(=O)oc2cc(OCC(=O)Nc3nnc(C4CCCC4)s3)ccc12. The Labute approximate surface area is 159 Å². The molecule has 1 aliphatic rings. The van der Waals surface area contributed by atoms with Gasteiger partial charge in [0.1, 0.15) is 16.3 Å². The first-order valence-electron chi connectivity index (χ1n) is 8.89. The summed E-state index contributed by atoms with van der Waals surface area (Å²) in [5.41, 5.74) is 0.854. The van der Waals surface area contributed by atoms with Crippen LogP contribution in [0.5, 0.6) is 5.75 Å². The minimum Gasteiger partial charge on any atom is -0.484 e. The first kappa shape index (κ1) is 17.7. The van der Waals surface area contributed by atoms with Gasteiger partial charge >= 0.3 is 5.63 Å². The number of amides is 1. The number of aromatic nitrogens is 2. The van der Waals surface area contributed by atoms with Crippen molar-refractivity contribution in [2.24, 2.45) is 0 Å². The number of aryl methyl sites for hydroxylation is 1. The van der Waals surface area contributed by atoms with E-state index in [4.69, 9.17) is 9.15 Å². The molecule has 1 N–H and O–H groups in total. The van der Waals surface area contributed by atoms with Crippen LogP contribution in [-0.2, 0) is 4.79 Å². The Bertz CT molecular complexity index is 1040. The number of carbonyl (C=O) groups excluding carboxylic acids is 1.